The Morgan fingerprint density at radius 3 is 2.44 bits per heavy atom. The van der Waals surface area contributed by atoms with Crippen molar-refractivity contribution in [1.29, 1.82) is 0 Å². The molecule has 0 bridgehead atoms. The monoisotopic (exact) mass is 438 g/mol. The van der Waals surface area contributed by atoms with Crippen LogP contribution in [0.1, 0.15) is 6.92 Å². The topological polar surface area (TPSA) is 107 Å². The minimum absolute atomic E-state index is 0.0164. The molecule has 0 saturated heterocycles. The van der Waals surface area contributed by atoms with Crippen LogP contribution in [0.2, 0.25) is 0 Å². The SMILES string of the molecule is COc1cc(-c2ncc(F)c(Nc3ccc4c(c3)N(N)CC(C)=N4)n2)cc(OC)c1OC. The third kappa shape index (κ3) is 4.00. The van der Waals surface area contributed by atoms with Crippen molar-refractivity contribution >= 4 is 28.6 Å². The van der Waals surface area contributed by atoms with Crippen molar-refractivity contribution in [1.82, 2.24) is 9.97 Å². The van der Waals surface area contributed by atoms with E-state index in [0.717, 1.165) is 23.3 Å². The fourth-order valence-corrected chi connectivity index (χ4v) is 3.44. The maximum atomic E-state index is 14.5. The molecule has 1 aromatic heterocycles. The lowest BCUT2D eigenvalue weighted by Gasteiger charge is -2.25. The zero-order valence-corrected chi connectivity index (χ0v) is 18.1. The molecular weight excluding hydrogens is 415 g/mol. The number of fused-ring (bicyclic) bond motifs is 1. The highest BCUT2D eigenvalue weighted by atomic mass is 19.1. The van der Waals surface area contributed by atoms with E-state index in [1.54, 1.807) is 29.3 Å². The molecule has 0 amide bonds. The van der Waals surface area contributed by atoms with E-state index in [0.29, 0.717) is 35.0 Å². The van der Waals surface area contributed by atoms with E-state index in [9.17, 15) is 4.39 Å². The van der Waals surface area contributed by atoms with Crippen LogP contribution in [0.15, 0.2) is 41.5 Å². The standard InChI is InChI=1S/C22H23FN6O3/c1-12-11-29(24)17-9-14(5-6-16(17)26-12)27-22-15(23)10-25-21(28-22)13-7-18(30-2)20(32-4)19(8-13)31-3/h5-10H,11,24H2,1-4H3,(H,25,27,28). The van der Waals surface area contributed by atoms with Gasteiger partial charge in [-0.1, -0.05) is 0 Å². The van der Waals surface area contributed by atoms with E-state index in [-0.39, 0.29) is 11.6 Å². The summed E-state index contributed by atoms with van der Waals surface area (Å²) in [7, 11) is 4.55. The van der Waals surface area contributed by atoms with Crippen molar-refractivity contribution in [2.45, 2.75) is 6.92 Å². The molecule has 0 unspecified atom stereocenters. The molecule has 2 aromatic carbocycles. The summed E-state index contributed by atoms with van der Waals surface area (Å²) in [6.07, 6.45) is 1.11. The number of rotatable bonds is 6. The molecule has 32 heavy (non-hydrogen) atoms. The second-order valence-corrected chi connectivity index (χ2v) is 7.11. The summed E-state index contributed by atoms with van der Waals surface area (Å²) in [5, 5.41) is 4.60. The second-order valence-electron chi connectivity index (χ2n) is 7.11. The Labute approximate surface area is 184 Å². The number of nitrogens with one attached hydrogen (secondary N) is 1. The molecule has 10 heteroatoms. The Hall–Kier alpha value is -3.92. The summed E-state index contributed by atoms with van der Waals surface area (Å²) in [6.45, 7) is 2.43. The van der Waals surface area contributed by atoms with Gasteiger partial charge in [-0.05, 0) is 37.3 Å². The average Bonchev–Trinajstić information content (AvgIpc) is 2.79. The minimum atomic E-state index is -0.600. The Bertz CT molecular complexity index is 1180. The van der Waals surface area contributed by atoms with Gasteiger partial charge >= 0.3 is 0 Å². The minimum Gasteiger partial charge on any atom is -0.493 e. The molecule has 0 aliphatic carbocycles. The van der Waals surface area contributed by atoms with Crippen LogP contribution in [-0.4, -0.2) is 43.6 Å². The Morgan fingerprint density at radius 2 is 1.78 bits per heavy atom. The van der Waals surface area contributed by atoms with Gasteiger partial charge in [-0.25, -0.2) is 20.2 Å². The zero-order chi connectivity index (χ0) is 22.8. The van der Waals surface area contributed by atoms with Crippen molar-refractivity contribution in [3.05, 3.63) is 42.3 Å². The summed E-state index contributed by atoms with van der Waals surface area (Å²) in [6, 6.07) is 8.80. The summed E-state index contributed by atoms with van der Waals surface area (Å²) < 4.78 is 30.6. The van der Waals surface area contributed by atoms with E-state index in [2.05, 4.69) is 20.3 Å². The van der Waals surface area contributed by atoms with Gasteiger partial charge in [-0.3, -0.25) is 4.99 Å². The molecule has 3 N–H and O–H groups in total. The fraction of sp³-hybridized carbons (Fsp3) is 0.227. The first kappa shape index (κ1) is 21.3. The van der Waals surface area contributed by atoms with Crippen LogP contribution >= 0.6 is 0 Å². The molecule has 166 valence electrons. The highest BCUT2D eigenvalue weighted by molar-refractivity contribution is 5.94. The van der Waals surface area contributed by atoms with Crippen molar-refractivity contribution in [2.75, 3.05) is 38.2 Å². The zero-order valence-electron chi connectivity index (χ0n) is 18.1. The first-order valence-electron chi connectivity index (χ1n) is 9.74. The van der Waals surface area contributed by atoms with Crippen LogP contribution in [0, 0.1) is 5.82 Å². The predicted molar refractivity (Wildman–Crippen MR) is 121 cm³/mol. The number of benzene rings is 2. The Morgan fingerprint density at radius 1 is 1.06 bits per heavy atom. The van der Waals surface area contributed by atoms with E-state index >= 15 is 0 Å². The lowest BCUT2D eigenvalue weighted by molar-refractivity contribution is 0.324. The van der Waals surface area contributed by atoms with Gasteiger partial charge in [0.25, 0.3) is 0 Å². The van der Waals surface area contributed by atoms with E-state index in [1.807, 2.05) is 13.0 Å². The van der Waals surface area contributed by atoms with Gasteiger partial charge in [0, 0.05) is 17.0 Å². The number of aromatic nitrogens is 2. The number of hydrazine groups is 1. The second kappa shape index (κ2) is 8.67. The highest BCUT2D eigenvalue weighted by Crippen LogP contribution is 2.41. The number of methoxy groups -OCH3 is 3. The van der Waals surface area contributed by atoms with Crippen LogP contribution in [0.25, 0.3) is 11.4 Å². The Balaban J connectivity index is 1.70. The molecule has 2 heterocycles. The highest BCUT2D eigenvalue weighted by Gasteiger charge is 2.18. The third-order valence-electron chi connectivity index (χ3n) is 4.93. The van der Waals surface area contributed by atoms with Crippen molar-refractivity contribution in [3.8, 4) is 28.6 Å². The molecule has 0 radical (unpaired) electrons. The summed E-state index contributed by atoms with van der Waals surface area (Å²) in [4.78, 5) is 13.0. The van der Waals surface area contributed by atoms with E-state index < -0.39 is 5.82 Å². The maximum Gasteiger partial charge on any atom is 0.203 e. The first-order chi connectivity index (χ1) is 15.4. The molecule has 0 spiro atoms. The van der Waals surface area contributed by atoms with Gasteiger partial charge in [0.15, 0.2) is 29.0 Å². The molecule has 1 aliphatic rings. The van der Waals surface area contributed by atoms with Crippen LogP contribution in [0.4, 0.5) is 27.3 Å². The summed E-state index contributed by atoms with van der Waals surface area (Å²) in [5.41, 5.74) is 3.59. The number of nitrogens with two attached hydrogens (primary N) is 1. The van der Waals surface area contributed by atoms with Gasteiger partial charge in [0.1, 0.15) is 0 Å². The number of hydrogen-bond acceptors (Lipinski definition) is 9. The number of hydrogen-bond donors (Lipinski definition) is 2. The van der Waals surface area contributed by atoms with E-state index in [4.69, 9.17) is 20.1 Å². The fourth-order valence-electron chi connectivity index (χ4n) is 3.44. The van der Waals surface area contributed by atoms with Gasteiger partial charge < -0.3 is 24.5 Å². The van der Waals surface area contributed by atoms with Gasteiger partial charge in [-0.15, -0.1) is 0 Å². The lowest BCUT2D eigenvalue weighted by Crippen LogP contribution is -2.37. The summed E-state index contributed by atoms with van der Waals surface area (Å²) in [5.74, 6) is 7.13. The van der Waals surface area contributed by atoms with Gasteiger partial charge in [-0.2, -0.15) is 0 Å². The molecule has 0 atom stereocenters. The largest absolute Gasteiger partial charge is 0.493 e. The summed E-state index contributed by atoms with van der Waals surface area (Å²) >= 11 is 0. The third-order valence-corrected chi connectivity index (χ3v) is 4.93. The quantitative estimate of drug-likeness (QED) is 0.559. The van der Waals surface area contributed by atoms with E-state index in [1.165, 1.54) is 21.3 Å². The molecule has 0 saturated carbocycles. The smallest absolute Gasteiger partial charge is 0.203 e. The molecule has 0 fully saturated rings. The average molecular weight is 438 g/mol. The molecule has 4 rings (SSSR count). The van der Waals surface area contributed by atoms with Crippen molar-refractivity contribution < 1.29 is 18.6 Å². The van der Waals surface area contributed by atoms with Crippen LogP contribution in [0.5, 0.6) is 17.2 Å². The van der Waals surface area contributed by atoms with Crippen LogP contribution < -0.4 is 30.4 Å². The number of halogens is 1. The van der Waals surface area contributed by atoms with Gasteiger partial charge in [0.05, 0.1) is 45.4 Å². The van der Waals surface area contributed by atoms with Crippen molar-refractivity contribution in [3.63, 3.8) is 0 Å². The molecular formula is C22H23FN6O3. The number of nitrogens with zero attached hydrogens (tertiary/aromatic N) is 4. The van der Waals surface area contributed by atoms with Crippen LogP contribution in [0.3, 0.4) is 0 Å². The number of aliphatic imine (C=N–C) groups is 1. The number of ether oxygens (including phenoxy) is 3. The lowest BCUT2D eigenvalue weighted by atomic mass is 10.1. The molecule has 9 nitrogen and oxygen atoms in total. The normalized spacial score (nSPS) is 12.7. The van der Waals surface area contributed by atoms with Crippen molar-refractivity contribution in [2.24, 2.45) is 10.8 Å². The number of anilines is 3. The molecule has 1 aliphatic heterocycles. The predicted octanol–water partition coefficient (Wildman–Crippen LogP) is 3.84. The maximum absolute atomic E-state index is 14.5. The van der Waals surface area contributed by atoms with Gasteiger partial charge in [0.2, 0.25) is 5.75 Å². The first-order valence-corrected chi connectivity index (χ1v) is 9.74. The molecule has 3 aromatic rings. The van der Waals surface area contributed by atoms with Crippen LogP contribution in [-0.2, 0) is 0 Å². The Kier molecular flexibility index (Phi) is 5.78.